The first-order valence-electron chi connectivity index (χ1n) is 6.61. The minimum absolute atomic E-state index is 0.0625. The highest BCUT2D eigenvalue weighted by Crippen LogP contribution is 2.49. The molecular weight excluding hydrogens is 246 g/mol. The van der Waals surface area contributed by atoms with E-state index in [1.165, 1.54) is 4.57 Å². The van der Waals surface area contributed by atoms with Crippen molar-refractivity contribution in [3.8, 4) is 0 Å². The van der Waals surface area contributed by atoms with Crippen molar-refractivity contribution in [3.05, 3.63) is 22.2 Å². The van der Waals surface area contributed by atoms with Crippen molar-refractivity contribution in [2.45, 2.75) is 45.1 Å². The fourth-order valence-electron chi connectivity index (χ4n) is 2.86. The Morgan fingerprint density at radius 2 is 2.37 bits per heavy atom. The number of nitrogen functional groups attached to an aromatic ring is 1. The highest BCUT2D eigenvalue weighted by Gasteiger charge is 2.58. The van der Waals surface area contributed by atoms with Gasteiger partial charge in [0.2, 0.25) is 0 Å². The molecule has 0 spiro atoms. The summed E-state index contributed by atoms with van der Waals surface area (Å²) in [6, 6.07) is 0. The summed E-state index contributed by atoms with van der Waals surface area (Å²) >= 11 is 0. The van der Waals surface area contributed by atoms with Crippen LogP contribution in [0.5, 0.6) is 0 Å². The van der Waals surface area contributed by atoms with Crippen LogP contribution in [-0.4, -0.2) is 27.9 Å². The van der Waals surface area contributed by atoms with Gasteiger partial charge in [-0.05, 0) is 20.3 Å². The Morgan fingerprint density at radius 3 is 2.89 bits per heavy atom. The summed E-state index contributed by atoms with van der Waals surface area (Å²) in [6.07, 6.45) is 2.13. The highest BCUT2D eigenvalue weighted by molar-refractivity contribution is 5.35. The highest BCUT2D eigenvalue weighted by atomic mass is 16.6. The monoisotopic (exact) mass is 265 g/mol. The smallest absolute Gasteiger partial charge is 0.351 e. The lowest BCUT2D eigenvalue weighted by Crippen LogP contribution is -2.48. The number of rotatable bonds is 2. The van der Waals surface area contributed by atoms with Gasteiger partial charge in [-0.3, -0.25) is 4.57 Å². The van der Waals surface area contributed by atoms with Gasteiger partial charge in [0.25, 0.3) is 0 Å². The van der Waals surface area contributed by atoms with Gasteiger partial charge in [-0.2, -0.15) is 4.98 Å². The lowest BCUT2D eigenvalue weighted by Gasteiger charge is -2.38. The van der Waals surface area contributed by atoms with Crippen molar-refractivity contribution in [2.75, 3.05) is 12.3 Å². The van der Waals surface area contributed by atoms with Crippen LogP contribution in [0.2, 0.25) is 0 Å². The number of aryl methyl sites for hydroxylation is 1. The number of nitrogens with two attached hydrogens (primary N) is 1. The quantitative estimate of drug-likeness (QED) is 0.857. The zero-order valence-electron chi connectivity index (χ0n) is 11.4. The number of fused-ring (bicyclic) bond motifs is 1. The number of anilines is 1. The van der Waals surface area contributed by atoms with Crippen molar-refractivity contribution in [2.24, 2.45) is 5.92 Å². The second-order valence-electron chi connectivity index (χ2n) is 5.58. The molecule has 2 unspecified atom stereocenters. The zero-order chi connectivity index (χ0) is 13.8. The molecule has 0 radical (unpaired) electrons. The van der Waals surface area contributed by atoms with Gasteiger partial charge < -0.3 is 15.2 Å². The van der Waals surface area contributed by atoms with E-state index < -0.39 is 6.23 Å². The molecule has 2 N–H and O–H groups in total. The topological polar surface area (TPSA) is 79.4 Å². The molecule has 2 fully saturated rings. The largest absolute Gasteiger partial charge is 0.383 e. The summed E-state index contributed by atoms with van der Waals surface area (Å²) in [5, 5.41) is 0. The third-order valence-corrected chi connectivity index (χ3v) is 4.47. The van der Waals surface area contributed by atoms with Crippen LogP contribution in [0.25, 0.3) is 0 Å². The molecule has 2 saturated heterocycles. The van der Waals surface area contributed by atoms with E-state index in [4.69, 9.17) is 15.2 Å². The predicted octanol–water partition coefficient (Wildman–Crippen LogP) is 0.846. The van der Waals surface area contributed by atoms with E-state index in [1.54, 1.807) is 6.20 Å². The summed E-state index contributed by atoms with van der Waals surface area (Å²) in [5.74, 6) is 0.607. The predicted molar refractivity (Wildman–Crippen MR) is 69.7 cm³/mol. The third kappa shape index (κ3) is 1.70. The maximum absolute atomic E-state index is 12.0. The van der Waals surface area contributed by atoms with Gasteiger partial charge in [0, 0.05) is 17.7 Å². The van der Waals surface area contributed by atoms with Gasteiger partial charge in [0.05, 0.1) is 12.2 Å². The third-order valence-electron chi connectivity index (χ3n) is 4.47. The summed E-state index contributed by atoms with van der Waals surface area (Å²) in [5.41, 5.74) is 5.79. The Labute approximate surface area is 111 Å². The van der Waals surface area contributed by atoms with E-state index in [0.717, 1.165) is 12.0 Å². The van der Waals surface area contributed by atoms with Gasteiger partial charge in [-0.1, -0.05) is 6.92 Å². The molecule has 3 rings (SSSR count). The number of nitrogens with zero attached hydrogens (tertiary/aromatic N) is 2. The number of aromatic nitrogens is 2. The molecule has 4 atom stereocenters. The molecule has 3 heterocycles. The van der Waals surface area contributed by atoms with Crippen molar-refractivity contribution in [3.63, 3.8) is 0 Å². The van der Waals surface area contributed by atoms with Crippen LogP contribution < -0.4 is 11.4 Å². The molecule has 1 aromatic heterocycles. The summed E-state index contributed by atoms with van der Waals surface area (Å²) in [7, 11) is 0. The lowest BCUT2D eigenvalue weighted by molar-refractivity contribution is -0.127. The number of hydrogen-bond donors (Lipinski definition) is 1. The summed E-state index contributed by atoms with van der Waals surface area (Å²) in [4.78, 5) is 15.8. The summed E-state index contributed by atoms with van der Waals surface area (Å²) < 4.78 is 13.2. The van der Waals surface area contributed by atoms with E-state index in [1.807, 2.05) is 6.92 Å². The van der Waals surface area contributed by atoms with Crippen LogP contribution in [0.1, 0.15) is 32.1 Å². The Morgan fingerprint density at radius 1 is 1.63 bits per heavy atom. The maximum Gasteiger partial charge on any atom is 0.351 e. The van der Waals surface area contributed by atoms with Crippen LogP contribution in [-0.2, 0) is 9.47 Å². The standard InChI is InChI=1S/C13H19N3O3/c1-4-13(3)8-6-18-9(8)11(19-13)16-5-7(2)10(14)15-12(16)17/h5,8-9,11H,4,6H2,1-3H3,(H2,14,15,17)/t8?,9?,11-,13-/m1/s1. The first-order chi connectivity index (χ1) is 8.96. The Balaban J connectivity index is 2.00. The SMILES string of the molecule is CC[C@@]1(C)O[C@@H](n2cc(C)c(N)nc2=O)C2OCC21. The molecule has 0 bridgehead atoms. The van der Waals surface area contributed by atoms with Crippen LogP contribution in [0.4, 0.5) is 5.82 Å². The van der Waals surface area contributed by atoms with Gasteiger partial charge in [0.15, 0.2) is 6.23 Å². The summed E-state index contributed by atoms with van der Waals surface area (Å²) in [6.45, 7) is 6.69. The van der Waals surface area contributed by atoms with E-state index in [9.17, 15) is 4.79 Å². The Kier molecular flexibility index (Phi) is 2.69. The van der Waals surface area contributed by atoms with Gasteiger partial charge in [-0.15, -0.1) is 0 Å². The lowest BCUT2D eigenvalue weighted by atomic mass is 9.82. The molecule has 6 heteroatoms. The second-order valence-corrected chi connectivity index (χ2v) is 5.58. The van der Waals surface area contributed by atoms with Crippen LogP contribution in [0, 0.1) is 12.8 Å². The first kappa shape index (κ1) is 12.6. The molecule has 2 aliphatic rings. The normalized spacial score (nSPS) is 36.9. The van der Waals surface area contributed by atoms with Crippen LogP contribution in [0.15, 0.2) is 11.0 Å². The van der Waals surface area contributed by atoms with E-state index >= 15 is 0 Å². The average Bonchev–Trinajstić information content (AvgIpc) is 2.50. The van der Waals surface area contributed by atoms with Gasteiger partial charge >= 0.3 is 5.69 Å². The van der Waals surface area contributed by atoms with Crippen molar-refractivity contribution >= 4 is 5.82 Å². The molecule has 0 aromatic carbocycles. The number of ether oxygens (including phenoxy) is 2. The molecular formula is C13H19N3O3. The Bertz CT molecular complexity index is 571. The minimum atomic E-state index is -0.400. The molecule has 2 aliphatic heterocycles. The molecule has 19 heavy (non-hydrogen) atoms. The molecule has 0 saturated carbocycles. The zero-order valence-corrected chi connectivity index (χ0v) is 11.4. The average molecular weight is 265 g/mol. The van der Waals surface area contributed by atoms with Crippen molar-refractivity contribution in [1.82, 2.24) is 9.55 Å². The fourth-order valence-corrected chi connectivity index (χ4v) is 2.86. The van der Waals surface area contributed by atoms with Crippen LogP contribution in [0.3, 0.4) is 0 Å². The van der Waals surface area contributed by atoms with E-state index in [0.29, 0.717) is 12.5 Å². The van der Waals surface area contributed by atoms with E-state index in [-0.39, 0.29) is 23.2 Å². The first-order valence-corrected chi connectivity index (χ1v) is 6.61. The molecule has 0 aliphatic carbocycles. The fraction of sp³-hybridized carbons (Fsp3) is 0.692. The van der Waals surface area contributed by atoms with Crippen molar-refractivity contribution < 1.29 is 9.47 Å². The van der Waals surface area contributed by atoms with Gasteiger partial charge in [0.1, 0.15) is 11.9 Å². The molecule has 104 valence electrons. The number of hydrogen-bond acceptors (Lipinski definition) is 5. The van der Waals surface area contributed by atoms with Gasteiger partial charge in [-0.25, -0.2) is 4.79 Å². The minimum Gasteiger partial charge on any atom is -0.383 e. The Hall–Kier alpha value is -1.40. The molecule has 6 nitrogen and oxygen atoms in total. The maximum atomic E-state index is 12.0. The van der Waals surface area contributed by atoms with E-state index in [2.05, 4.69) is 18.8 Å². The molecule has 1 aromatic rings. The van der Waals surface area contributed by atoms with Crippen LogP contribution >= 0.6 is 0 Å². The molecule has 0 amide bonds. The second kappa shape index (κ2) is 4.05. The van der Waals surface area contributed by atoms with Crippen molar-refractivity contribution in [1.29, 1.82) is 0 Å².